The Balaban J connectivity index is 2.82. The number of rotatable bonds is 5. The summed E-state index contributed by atoms with van der Waals surface area (Å²) in [5, 5.41) is 0. The summed E-state index contributed by atoms with van der Waals surface area (Å²) in [6.07, 6.45) is 6.86. The van der Waals surface area contributed by atoms with Crippen molar-refractivity contribution in [1.29, 1.82) is 0 Å². The molecule has 0 saturated heterocycles. The molecular weight excluding hydrogens is 271 g/mol. The predicted octanol–water partition coefficient (Wildman–Crippen LogP) is 4.29. The van der Waals surface area contributed by atoms with Crippen molar-refractivity contribution in [2.75, 3.05) is 11.8 Å². The smallest absolute Gasteiger partial charge is 0.333 e. The van der Waals surface area contributed by atoms with Gasteiger partial charge in [-0.1, -0.05) is 32.3 Å². The van der Waals surface area contributed by atoms with Gasteiger partial charge in [0, 0.05) is 11.5 Å². The van der Waals surface area contributed by atoms with Crippen molar-refractivity contribution in [1.82, 2.24) is 0 Å². The number of ether oxygens (including phenoxy) is 1. The standard InChI is InChI=1S/C14H22Cl2O2/c1-11(2)13(17)18-14(9-15,10-16)12-7-5-3-4-6-8-12/h12H,1,3-10H2,2H3. The second-order valence-corrected chi connectivity index (χ2v) is 5.72. The summed E-state index contributed by atoms with van der Waals surface area (Å²) < 4.78 is 5.59. The van der Waals surface area contributed by atoms with Gasteiger partial charge in [0.15, 0.2) is 0 Å². The summed E-state index contributed by atoms with van der Waals surface area (Å²) in [5.74, 6) is 0.374. The van der Waals surface area contributed by atoms with E-state index in [9.17, 15) is 4.79 Å². The van der Waals surface area contributed by atoms with Gasteiger partial charge in [-0.15, -0.1) is 23.2 Å². The molecule has 0 radical (unpaired) electrons. The van der Waals surface area contributed by atoms with Crippen molar-refractivity contribution in [3.8, 4) is 0 Å². The Morgan fingerprint density at radius 3 is 2.11 bits per heavy atom. The number of hydrogen-bond donors (Lipinski definition) is 0. The average molecular weight is 293 g/mol. The van der Waals surface area contributed by atoms with Crippen molar-refractivity contribution >= 4 is 29.2 Å². The van der Waals surface area contributed by atoms with Crippen molar-refractivity contribution in [2.45, 2.75) is 51.0 Å². The van der Waals surface area contributed by atoms with Gasteiger partial charge in [-0.3, -0.25) is 0 Å². The Kier molecular flexibility index (Phi) is 6.51. The van der Waals surface area contributed by atoms with Crippen LogP contribution >= 0.6 is 23.2 Å². The van der Waals surface area contributed by atoms with Gasteiger partial charge in [0.05, 0.1) is 11.8 Å². The molecule has 0 aromatic heterocycles. The monoisotopic (exact) mass is 292 g/mol. The van der Waals surface area contributed by atoms with Gasteiger partial charge < -0.3 is 4.74 Å². The highest BCUT2D eigenvalue weighted by Crippen LogP contribution is 2.36. The van der Waals surface area contributed by atoms with E-state index in [1.807, 2.05) is 0 Å². The Morgan fingerprint density at radius 1 is 1.22 bits per heavy atom. The molecule has 1 fully saturated rings. The number of carbonyl (C=O) groups is 1. The first-order valence-electron chi connectivity index (χ1n) is 6.56. The third kappa shape index (κ3) is 3.89. The van der Waals surface area contributed by atoms with Crippen LogP contribution in [0.2, 0.25) is 0 Å². The van der Waals surface area contributed by atoms with Crippen LogP contribution in [0.15, 0.2) is 12.2 Å². The SMILES string of the molecule is C=C(C)C(=O)OC(CCl)(CCl)C1CCCCCC1. The molecule has 0 aliphatic heterocycles. The fourth-order valence-electron chi connectivity index (χ4n) is 2.47. The molecule has 0 N–H and O–H groups in total. The maximum atomic E-state index is 11.8. The van der Waals surface area contributed by atoms with E-state index in [-0.39, 0.29) is 23.6 Å². The molecule has 104 valence electrons. The van der Waals surface area contributed by atoms with E-state index in [1.54, 1.807) is 6.92 Å². The maximum absolute atomic E-state index is 11.8. The van der Waals surface area contributed by atoms with Gasteiger partial charge in [0.2, 0.25) is 0 Å². The van der Waals surface area contributed by atoms with Gasteiger partial charge in [0.25, 0.3) is 0 Å². The summed E-state index contributed by atoms with van der Waals surface area (Å²) in [4.78, 5) is 11.8. The molecule has 4 heteroatoms. The minimum absolute atomic E-state index is 0.250. The summed E-state index contributed by atoms with van der Waals surface area (Å²) >= 11 is 12.1. The van der Waals surface area contributed by atoms with Gasteiger partial charge in [-0.25, -0.2) is 4.79 Å². The first kappa shape index (κ1) is 15.8. The highest BCUT2D eigenvalue weighted by Gasteiger charge is 2.41. The highest BCUT2D eigenvalue weighted by atomic mass is 35.5. The van der Waals surface area contributed by atoms with Gasteiger partial charge in [-0.2, -0.15) is 0 Å². The molecule has 1 saturated carbocycles. The molecule has 0 aromatic carbocycles. The molecule has 1 rings (SSSR count). The van der Waals surface area contributed by atoms with Crippen LogP contribution in [-0.2, 0) is 9.53 Å². The lowest BCUT2D eigenvalue weighted by atomic mass is 9.84. The van der Waals surface area contributed by atoms with E-state index < -0.39 is 5.60 Å². The van der Waals surface area contributed by atoms with E-state index in [0.29, 0.717) is 5.57 Å². The van der Waals surface area contributed by atoms with Crippen molar-refractivity contribution in [2.24, 2.45) is 5.92 Å². The minimum Gasteiger partial charge on any atom is -0.453 e. The first-order chi connectivity index (χ1) is 8.55. The van der Waals surface area contributed by atoms with E-state index in [4.69, 9.17) is 27.9 Å². The lowest BCUT2D eigenvalue weighted by Gasteiger charge is -2.37. The highest BCUT2D eigenvalue weighted by molar-refractivity contribution is 6.22. The number of halogens is 2. The van der Waals surface area contributed by atoms with E-state index in [2.05, 4.69) is 6.58 Å². The molecule has 0 heterocycles. The topological polar surface area (TPSA) is 26.3 Å². The van der Waals surface area contributed by atoms with Gasteiger partial charge >= 0.3 is 5.97 Å². The van der Waals surface area contributed by atoms with Crippen molar-refractivity contribution < 1.29 is 9.53 Å². The Morgan fingerprint density at radius 2 is 1.72 bits per heavy atom. The number of alkyl halides is 2. The van der Waals surface area contributed by atoms with Gasteiger partial charge in [-0.05, 0) is 19.8 Å². The summed E-state index contributed by atoms with van der Waals surface area (Å²) in [7, 11) is 0. The summed E-state index contributed by atoms with van der Waals surface area (Å²) in [5.41, 5.74) is -0.341. The third-order valence-electron chi connectivity index (χ3n) is 3.70. The summed E-state index contributed by atoms with van der Waals surface area (Å²) in [6.45, 7) is 5.25. The zero-order valence-corrected chi connectivity index (χ0v) is 12.5. The minimum atomic E-state index is -0.733. The second-order valence-electron chi connectivity index (χ2n) is 5.19. The lowest BCUT2D eigenvalue weighted by Crippen LogP contribution is -2.46. The van der Waals surface area contributed by atoms with Crippen molar-refractivity contribution in [3.63, 3.8) is 0 Å². The first-order valence-corrected chi connectivity index (χ1v) is 7.63. The Hall–Kier alpha value is -0.210. The molecule has 0 atom stereocenters. The predicted molar refractivity (Wildman–Crippen MR) is 76.3 cm³/mol. The molecule has 0 bridgehead atoms. The Labute approximate surface area is 120 Å². The molecule has 0 amide bonds. The average Bonchev–Trinajstić information content (AvgIpc) is 2.65. The van der Waals surface area contributed by atoms with E-state index in [1.165, 1.54) is 12.8 Å². The van der Waals surface area contributed by atoms with Crippen LogP contribution in [0, 0.1) is 5.92 Å². The van der Waals surface area contributed by atoms with Gasteiger partial charge in [0.1, 0.15) is 5.60 Å². The second kappa shape index (κ2) is 7.40. The lowest BCUT2D eigenvalue weighted by molar-refractivity contribution is -0.156. The third-order valence-corrected chi connectivity index (χ3v) is 4.60. The van der Waals surface area contributed by atoms with Crippen LogP contribution in [0.4, 0.5) is 0 Å². The molecule has 0 unspecified atom stereocenters. The zero-order valence-electron chi connectivity index (χ0n) is 11.0. The van der Waals surface area contributed by atoms with Crippen molar-refractivity contribution in [3.05, 3.63) is 12.2 Å². The number of carbonyl (C=O) groups excluding carboxylic acids is 1. The fraction of sp³-hybridized carbons (Fsp3) is 0.786. The largest absolute Gasteiger partial charge is 0.453 e. The molecular formula is C14H22Cl2O2. The maximum Gasteiger partial charge on any atom is 0.333 e. The fourth-order valence-corrected chi connectivity index (χ4v) is 3.30. The number of esters is 1. The van der Waals surface area contributed by atoms with Crippen LogP contribution in [0.5, 0.6) is 0 Å². The molecule has 1 aliphatic carbocycles. The summed E-state index contributed by atoms with van der Waals surface area (Å²) in [6, 6.07) is 0. The molecule has 0 aromatic rings. The van der Waals surface area contributed by atoms with E-state index in [0.717, 1.165) is 25.7 Å². The number of hydrogen-bond acceptors (Lipinski definition) is 2. The van der Waals surface area contributed by atoms with E-state index >= 15 is 0 Å². The Bertz CT molecular complexity index is 290. The van der Waals surface area contributed by atoms with Crippen LogP contribution in [0.25, 0.3) is 0 Å². The van der Waals surface area contributed by atoms with Crippen LogP contribution < -0.4 is 0 Å². The zero-order chi connectivity index (χ0) is 13.6. The van der Waals surface area contributed by atoms with Crippen LogP contribution in [-0.4, -0.2) is 23.3 Å². The molecule has 0 spiro atoms. The molecule has 1 aliphatic rings. The van der Waals surface area contributed by atoms with Crippen LogP contribution in [0.1, 0.15) is 45.4 Å². The molecule has 18 heavy (non-hydrogen) atoms. The van der Waals surface area contributed by atoms with Crippen LogP contribution in [0.3, 0.4) is 0 Å². The normalized spacial score (nSPS) is 18.2. The quantitative estimate of drug-likeness (QED) is 0.327. The molecule has 2 nitrogen and oxygen atoms in total.